The molecule has 0 spiro atoms. The second-order valence-corrected chi connectivity index (χ2v) is 4.45. The van der Waals surface area contributed by atoms with Crippen molar-refractivity contribution in [2.24, 2.45) is 11.7 Å². The van der Waals surface area contributed by atoms with Crippen LogP contribution in [-0.4, -0.2) is 30.6 Å². The zero-order chi connectivity index (χ0) is 8.39. The van der Waals surface area contributed by atoms with Crippen LogP contribution in [0.4, 0.5) is 0 Å². The Morgan fingerprint density at radius 1 is 1.17 bits per heavy atom. The predicted octanol–water partition coefficient (Wildman–Crippen LogP) is 1.21. The van der Waals surface area contributed by atoms with E-state index in [9.17, 15) is 0 Å². The first-order chi connectivity index (χ1) is 5.84. The molecular formula is C10H20N2. The predicted molar refractivity (Wildman–Crippen MR) is 51.0 cm³/mol. The van der Waals surface area contributed by atoms with Gasteiger partial charge in [-0.1, -0.05) is 0 Å². The van der Waals surface area contributed by atoms with Crippen molar-refractivity contribution in [1.82, 2.24) is 4.90 Å². The first kappa shape index (κ1) is 8.52. The van der Waals surface area contributed by atoms with Gasteiger partial charge in [0, 0.05) is 12.6 Å². The van der Waals surface area contributed by atoms with E-state index in [0.717, 1.165) is 5.92 Å². The Kier molecular flexibility index (Phi) is 2.66. The largest absolute Gasteiger partial charge is 0.328 e. The topological polar surface area (TPSA) is 29.3 Å². The van der Waals surface area contributed by atoms with E-state index in [-0.39, 0.29) is 0 Å². The molecule has 70 valence electrons. The van der Waals surface area contributed by atoms with Gasteiger partial charge in [0.25, 0.3) is 0 Å². The first-order valence-corrected chi connectivity index (χ1v) is 5.32. The number of hydrogen-bond donors (Lipinski definition) is 1. The molecular weight excluding hydrogens is 148 g/mol. The molecule has 1 aliphatic carbocycles. The zero-order valence-electron chi connectivity index (χ0n) is 7.84. The molecule has 0 aromatic rings. The number of nitrogens with two attached hydrogens (primary N) is 1. The van der Waals surface area contributed by atoms with E-state index in [1.807, 2.05) is 0 Å². The maximum absolute atomic E-state index is 5.88. The van der Waals surface area contributed by atoms with Crippen molar-refractivity contribution < 1.29 is 0 Å². The van der Waals surface area contributed by atoms with Crippen LogP contribution in [0.25, 0.3) is 0 Å². The summed E-state index contributed by atoms with van der Waals surface area (Å²) in [6.07, 6.45) is 6.74. The van der Waals surface area contributed by atoms with Crippen LogP contribution < -0.4 is 5.73 Å². The van der Waals surface area contributed by atoms with Gasteiger partial charge in [-0.05, 0) is 51.1 Å². The minimum absolute atomic E-state index is 0.512. The Labute approximate surface area is 75.1 Å². The van der Waals surface area contributed by atoms with E-state index < -0.39 is 0 Å². The van der Waals surface area contributed by atoms with Crippen LogP contribution in [-0.2, 0) is 0 Å². The van der Waals surface area contributed by atoms with Crippen molar-refractivity contribution >= 4 is 0 Å². The van der Waals surface area contributed by atoms with Gasteiger partial charge >= 0.3 is 0 Å². The van der Waals surface area contributed by atoms with Crippen molar-refractivity contribution in [2.45, 2.75) is 38.1 Å². The molecule has 1 saturated carbocycles. The van der Waals surface area contributed by atoms with Gasteiger partial charge in [-0.25, -0.2) is 0 Å². The third-order valence-electron chi connectivity index (χ3n) is 3.30. The van der Waals surface area contributed by atoms with Crippen LogP contribution in [0.3, 0.4) is 0 Å². The maximum Gasteiger partial charge on any atom is 0.00420 e. The summed E-state index contributed by atoms with van der Waals surface area (Å²) in [5, 5.41) is 0. The summed E-state index contributed by atoms with van der Waals surface area (Å²) < 4.78 is 0. The lowest BCUT2D eigenvalue weighted by atomic mass is 10.1. The molecule has 1 heterocycles. The van der Waals surface area contributed by atoms with Gasteiger partial charge in [0.15, 0.2) is 0 Å². The van der Waals surface area contributed by atoms with Crippen molar-refractivity contribution in [3.63, 3.8) is 0 Å². The summed E-state index contributed by atoms with van der Waals surface area (Å²) in [6.45, 7) is 4.01. The van der Waals surface area contributed by atoms with Crippen LogP contribution in [0, 0.1) is 5.92 Å². The molecule has 0 amide bonds. The molecule has 0 aromatic heterocycles. The van der Waals surface area contributed by atoms with Gasteiger partial charge in [-0.2, -0.15) is 0 Å². The van der Waals surface area contributed by atoms with Crippen molar-refractivity contribution in [2.75, 3.05) is 19.6 Å². The monoisotopic (exact) mass is 168 g/mol. The van der Waals surface area contributed by atoms with Gasteiger partial charge < -0.3 is 10.6 Å². The van der Waals surface area contributed by atoms with Gasteiger partial charge in [-0.3, -0.25) is 0 Å². The SMILES string of the molecule is NC1CCC(CN2CCCC2)C1. The van der Waals surface area contributed by atoms with Crippen LogP contribution in [0.2, 0.25) is 0 Å². The number of nitrogens with zero attached hydrogens (tertiary/aromatic N) is 1. The van der Waals surface area contributed by atoms with Gasteiger partial charge in [0.1, 0.15) is 0 Å². The molecule has 2 atom stereocenters. The lowest BCUT2D eigenvalue weighted by Gasteiger charge is -2.19. The lowest BCUT2D eigenvalue weighted by molar-refractivity contribution is 0.279. The second kappa shape index (κ2) is 3.75. The van der Waals surface area contributed by atoms with Crippen LogP contribution in [0.15, 0.2) is 0 Å². The molecule has 2 nitrogen and oxygen atoms in total. The second-order valence-electron chi connectivity index (χ2n) is 4.45. The fraction of sp³-hybridized carbons (Fsp3) is 1.00. The molecule has 2 aliphatic rings. The smallest absolute Gasteiger partial charge is 0.00420 e. The van der Waals surface area contributed by atoms with E-state index in [1.54, 1.807) is 0 Å². The molecule has 2 rings (SSSR count). The molecule has 2 unspecified atom stereocenters. The molecule has 2 fully saturated rings. The third kappa shape index (κ3) is 1.99. The van der Waals surface area contributed by atoms with Gasteiger partial charge in [0.2, 0.25) is 0 Å². The minimum Gasteiger partial charge on any atom is -0.328 e. The summed E-state index contributed by atoms with van der Waals surface area (Å²) in [5.41, 5.74) is 5.88. The number of hydrogen-bond acceptors (Lipinski definition) is 2. The summed E-state index contributed by atoms with van der Waals surface area (Å²) in [6, 6.07) is 0.512. The highest BCUT2D eigenvalue weighted by Gasteiger charge is 2.24. The third-order valence-corrected chi connectivity index (χ3v) is 3.30. The molecule has 1 saturated heterocycles. The highest BCUT2D eigenvalue weighted by atomic mass is 15.1. The van der Waals surface area contributed by atoms with Crippen molar-refractivity contribution in [3.05, 3.63) is 0 Å². The fourth-order valence-corrected chi connectivity index (χ4v) is 2.61. The maximum atomic E-state index is 5.88. The quantitative estimate of drug-likeness (QED) is 0.671. The van der Waals surface area contributed by atoms with E-state index in [0.29, 0.717) is 6.04 Å². The Morgan fingerprint density at radius 2 is 1.92 bits per heavy atom. The Balaban J connectivity index is 1.72. The van der Waals surface area contributed by atoms with E-state index in [1.165, 1.54) is 51.7 Å². The van der Waals surface area contributed by atoms with Crippen LogP contribution in [0.1, 0.15) is 32.1 Å². The average molecular weight is 168 g/mol. The summed E-state index contributed by atoms with van der Waals surface area (Å²) in [5.74, 6) is 0.915. The van der Waals surface area contributed by atoms with E-state index >= 15 is 0 Å². The fourth-order valence-electron chi connectivity index (χ4n) is 2.61. The Bertz CT molecular complexity index is 141. The minimum atomic E-state index is 0.512. The molecule has 0 aromatic carbocycles. The van der Waals surface area contributed by atoms with E-state index in [2.05, 4.69) is 4.90 Å². The van der Waals surface area contributed by atoms with Crippen LogP contribution in [0.5, 0.6) is 0 Å². The van der Waals surface area contributed by atoms with E-state index in [4.69, 9.17) is 5.73 Å². The number of rotatable bonds is 2. The normalized spacial score (nSPS) is 37.8. The molecule has 0 radical (unpaired) electrons. The zero-order valence-corrected chi connectivity index (χ0v) is 7.84. The molecule has 0 bridgehead atoms. The molecule has 2 N–H and O–H groups in total. The Hall–Kier alpha value is -0.0800. The average Bonchev–Trinajstić information content (AvgIpc) is 2.63. The molecule has 1 aliphatic heterocycles. The van der Waals surface area contributed by atoms with Gasteiger partial charge in [0.05, 0.1) is 0 Å². The van der Waals surface area contributed by atoms with Crippen molar-refractivity contribution in [3.8, 4) is 0 Å². The number of likely N-dealkylation sites (tertiary alicyclic amines) is 1. The first-order valence-electron chi connectivity index (χ1n) is 5.32. The molecule has 12 heavy (non-hydrogen) atoms. The lowest BCUT2D eigenvalue weighted by Crippen LogP contribution is -2.26. The van der Waals surface area contributed by atoms with Crippen molar-refractivity contribution in [1.29, 1.82) is 0 Å². The summed E-state index contributed by atoms with van der Waals surface area (Å²) in [7, 11) is 0. The Morgan fingerprint density at radius 3 is 2.50 bits per heavy atom. The van der Waals surface area contributed by atoms with Gasteiger partial charge in [-0.15, -0.1) is 0 Å². The summed E-state index contributed by atoms with van der Waals surface area (Å²) >= 11 is 0. The highest BCUT2D eigenvalue weighted by Crippen LogP contribution is 2.25. The highest BCUT2D eigenvalue weighted by molar-refractivity contribution is 4.81. The molecule has 2 heteroatoms. The summed E-state index contributed by atoms with van der Waals surface area (Å²) in [4.78, 5) is 2.61. The standard InChI is InChI=1S/C10H20N2/c11-10-4-3-9(7-10)8-12-5-1-2-6-12/h9-10H,1-8,11H2. The van der Waals surface area contributed by atoms with Crippen LogP contribution >= 0.6 is 0 Å².